The van der Waals surface area contributed by atoms with Gasteiger partial charge in [0.1, 0.15) is 17.2 Å². The highest BCUT2D eigenvalue weighted by Crippen LogP contribution is 2.27. The van der Waals surface area contributed by atoms with Gasteiger partial charge in [0, 0.05) is 23.3 Å². The Balaban J connectivity index is 1.36. The second kappa shape index (κ2) is 9.40. The van der Waals surface area contributed by atoms with E-state index in [9.17, 15) is 4.79 Å². The van der Waals surface area contributed by atoms with Gasteiger partial charge in [0.25, 0.3) is 0 Å². The molecule has 0 atom stereocenters. The Morgan fingerprint density at radius 2 is 1.90 bits per heavy atom. The fraction of sp³-hybridized carbons (Fsp3) is 0.125. The van der Waals surface area contributed by atoms with Gasteiger partial charge in [-0.05, 0) is 55.3 Å². The van der Waals surface area contributed by atoms with Crippen molar-refractivity contribution in [3.05, 3.63) is 83.4 Å². The molecule has 0 saturated carbocycles. The molecule has 2 aromatic heterocycles. The van der Waals surface area contributed by atoms with Gasteiger partial charge in [0.15, 0.2) is 11.7 Å². The Morgan fingerprint density at radius 1 is 1.03 bits per heavy atom. The third-order valence-electron chi connectivity index (χ3n) is 4.65. The maximum absolute atomic E-state index is 12.2. The third-order valence-corrected chi connectivity index (χ3v) is 5.41. The summed E-state index contributed by atoms with van der Waals surface area (Å²) < 4.78 is 11.0. The van der Waals surface area contributed by atoms with Crippen LogP contribution in [-0.2, 0) is 4.79 Å². The van der Waals surface area contributed by atoms with Crippen LogP contribution in [0.3, 0.4) is 0 Å². The molecule has 156 valence electrons. The molecule has 4 rings (SSSR count). The van der Waals surface area contributed by atoms with Crippen LogP contribution in [-0.4, -0.2) is 22.5 Å². The number of esters is 1. The molecular weight excluding hydrogens is 410 g/mol. The predicted octanol–water partition coefficient (Wildman–Crippen LogP) is 5.55. The van der Waals surface area contributed by atoms with Crippen LogP contribution in [0.2, 0.25) is 0 Å². The SMILES string of the molecule is Cc1cccc(OCC(=O)Oc2cccc(Nc3nc(-c4ccccn4)cs3)c2)c1C. The number of benzene rings is 2. The molecule has 0 aliphatic carbocycles. The van der Waals surface area contributed by atoms with Gasteiger partial charge in [-0.2, -0.15) is 0 Å². The number of pyridine rings is 1. The van der Waals surface area contributed by atoms with Gasteiger partial charge in [-0.15, -0.1) is 11.3 Å². The van der Waals surface area contributed by atoms with E-state index in [0.717, 1.165) is 33.3 Å². The Hall–Kier alpha value is -3.71. The van der Waals surface area contributed by atoms with E-state index >= 15 is 0 Å². The Bertz CT molecular complexity index is 1190. The molecule has 7 heteroatoms. The van der Waals surface area contributed by atoms with E-state index in [0.29, 0.717) is 11.5 Å². The molecule has 0 spiro atoms. The van der Waals surface area contributed by atoms with Gasteiger partial charge in [-0.25, -0.2) is 9.78 Å². The summed E-state index contributed by atoms with van der Waals surface area (Å²) in [4.78, 5) is 21.1. The largest absolute Gasteiger partial charge is 0.482 e. The lowest BCUT2D eigenvalue weighted by atomic mass is 10.1. The second-order valence-corrected chi connectivity index (χ2v) is 7.72. The number of rotatable bonds is 7. The van der Waals surface area contributed by atoms with Gasteiger partial charge in [0.05, 0.1) is 5.69 Å². The molecule has 0 amide bonds. The zero-order valence-electron chi connectivity index (χ0n) is 17.2. The van der Waals surface area contributed by atoms with Crippen LogP contribution in [0.1, 0.15) is 11.1 Å². The van der Waals surface area contributed by atoms with Crippen molar-refractivity contribution >= 4 is 28.1 Å². The molecule has 6 nitrogen and oxygen atoms in total. The maximum Gasteiger partial charge on any atom is 0.349 e. The number of nitrogens with one attached hydrogen (secondary N) is 1. The smallest absolute Gasteiger partial charge is 0.349 e. The topological polar surface area (TPSA) is 73.3 Å². The van der Waals surface area contributed by atoms with Crippen molar-refractivity contribution in [2.24, 2.45) is 0 Å². The average molecular weight is 432 g/mol. The quantitative estimate of drug-likeness (QED) is 0.305. The first-order chi connectivity index (χ1) is 15.1. The minimum Gasteiger partial charge on any atom is -0.482 e. The van der Waals surface area contributed by atoms with Crippen molar-refractivity contribution in [3.8, 4) is 22.9 Å². The highest BCUT2D eigenvalue weighted by Gasteiger charge is 2.10. The molecule has 0 aliphatic heterocycles. The van der Waals surface area contributed by atoms with Crippen LogP contribution in [0, 0.1) is 13.8 Å². The molecule has 0 aliphatic rings. The van der Waals surface area contributed by atoms with E-state index in [1.807, 2.05) is 67.8 Å². The summed E-state index contributed by atoms with van der Waals surface area (Å²) in [6.45, 7) is 3.80. The molecule has 0 fully saturated rings. The molecule has 31 heavy (non-hydrogen) atoms. The summed E-state index contributed by atoms with van der Waals surface area (Å²) in [6, 6.07) is 18.6. The van der Waals surface area contributed by atoms with Gasteiger partial charge >= 0.3 is 5.97 Å². The Labute approximate surface area is 184 Å². The highest BCUT2D eigenvalue weighted by molar-refractivity contribution is 7.14. The van der Waals surface area contributed by atoms with Gasteiger partial charge < -0.3 is 14.8 Å². The van der Waals surface area contributed by atoms with E-state index in [1.54, 1.807) is 18.3 Å². The Morgan fingerprint density at radius 3 is 2.74 bits per heavy atom. The molecule has 0 unspecified atom stereocenters. The first-order valence-corrected chi connectivity index (χ1v) is 10.6. The lowest BCUT2D eigenvalue weighted by Crippen LogP contribution is -2.18. The molecule has 1 N–H and O–H groups in total. The van der Waals surface area contributed by atoms with Crippen LogP contribution in [0.25, 0.3) is 11.4 Å². The number of nitrogens with zero attached hydrogens (tertiary/aromatic N) is 2. The summed E-state index contributed by atoms with van der Waals surface area (Å²) in [7, 11) is 0. The minimum absolute atomic E-state index is 0.165. The van der Waals surface area contributed by atoms with Crippen molar-refractivity contribution in [1.82, 2.24) is 9.97 Å². The fourth-order valence-corrected chi connectivity index (χ4v) is 3.63. The summed E-state index contributed by atoms with van der Waals surface area (Å²) >= 11 is 1.48. The lowest BCUT2D eigenvalue weighted by molar-refractivity contribution is -0.136. The number of aromatic nitrogens is 2. The predicted molar refractivity (Wildman–Crippen MR) is 122 cm³/mol. The summed E-state index contributed by atoms with van der Waals surface area (Å²) in [5.41, 5.74) is 4.51. The van der Waals surface area contributed by atoms with Crippen molar-refractivity contribution < 1.29 is 14.3 Å². The van der Waals surface area contributed by atoms with Crippen LogP contribution in [0.15, 0.2) is 72.2 Å². The molecule has 0 saturated heterocycles. The fourth-order valence-electron chi connectivity index (χ4n) is 2.90. The number of carbonyl (C=O) groups excluding carboxylic acids is 1. The number of aryl methyl sites for hydroxylation is 1. The van der Waals surface area contributed by atoms with Crippen LogP contribution in [0.5, 0.6) is 11.5 Å². The molecule has 0 bridgehead atoms. The second-order valence-electron chi connectivity index (χ2n) is 6.87. The van der Waals surface area contributed by atoms with Gasteiger partial charge in [-0.1, -0.05) is 24.3 Å². The van der Waals surface area contributed by atoms with Crippen molar-refractivity contribution in [3.63, 3.8) is 0 Å². The van der Waals surface area contributed by atoms with Crippen LogP contribution in [0.4, 0.5) is 10.8 Å². The molecule has 4 aromatic rings. The normalized spacial score (nSPS) is 10.5. The zero-order valence-corrected chi connectivity index (χ0v) is 18.0. The summed E-state index contributed by atoms with van der Waals surface area (Å²) in [5.74, 6) is 0.644. The van der Waals surface area contributed by atoms with E-state index in [2.05, 4.69) is 15.3 Å². The standard InChI is InChI=1S/C24H21N3O3S/c1-16-7-5-11-22(17(16)2)29-14-23(28)30-19-9-6-8-18(13-19)26-24-27-21(15-31-24)20-10-3-4-12-25-20/h3-13,15H,14H2,1-2H3,(H,26,27). The highest BCUT2D eigenvalue weighted by atomic mass is 32.1. The van der Waals surface area contributed by atoms with Crippen LogP contribution >= 0.6 is 11.3 Å². The first-order valence-electron chi connectivity index (χ1n) is 9.72. The van der Waals surface area contributed by atoms with E-state index < -0.39 is 5.97 Å². The molecule has 2 heterocycles. The molecular formula is C24H21N3O3S. The number of hydrogen-bond donors (Lipinski definition) is 1. The number of thiazole rings is 1. The number of hydrogen-bond acceptors (Lipinski definition) is 7. The summed E-state index contributed by atoms with van der Waals surface area (Å²) in [5, 5.41) is 5.90. The van der Waals surface area contributed by atoms with Crippen molar-refractivity contribution in [2.75, 3.05) is 11.9 Å². The minimum atomic E-state index is -0.468. The zero-order chi connectivity index (χ0) is 21.6. The van der Waals surface area contributed by atoms with Gasteiger partial charge in [-0.3, -0.25) is 4.98 Å². The number of ether oxygens (including phenoxy) is 2. The van der Waals surface area contributed by atoms with E-state index in [1.165, 1.54) is 11.3 Å². The van der Waals surface area contributed by atoms with E-state index in [4.69, 9.17) is 9.47 Å². The molecule has 0 radical (unpaired) electrons. The monoisotopic (exact) mass is 431 g/mol. The van der Waals surface area contributed by atoms with Gasteiger partial charge in [0.2, 0.25) is 0 Å². The third kappa shape index (κ3) is 5.26. The average Bonchev–Trinajstić information content (AvgIpc) is 3.24. The summed E-state index contributed by atoms with van der Waals surface area (Å²) in [6.07, 6.45) is 1.74. The molecule has 2 aromatic carbocycles. The first kappa shape index (κ1) is 20.6. The van der Waals surface area contributed by atoms with Crippen molar-refractivity contribution in [1.29, 1.82) is 0 Å². The lowest BCUT2D eigenvalue weighted by Gasteiger charge is -2.11. The van der Waals surface area contributed by atoms with Crippen LogP contribution < -0.4 is 14.8 Å². The van der Waals surface area contributed by atoms with E-state index in [-0.39, 0.29) is 6.61 Å². The van der Waals surface area contributed by atoms with Crippen molar-refractivity contribution in [2.45, 2.75) is 13.8 Å². The number of anilines is 2. The Kier molecular flexibility index (Phi) is 6.24. The number of carbonyl (C=O) groups is 1. The maximum atomic E-state index is 12.2.